The van der Waals surface area contributed by atoms with Gasteiger partial charge in [0.05, 0.1) is 19.9 Å². The number of piperazine rings is 1. The van der Waals surface area contributed by atoms with Gasteiger partial charge in [0.25, 0.3) is 5.91 Å². The summed E-state index contributed by atoms with van der Waals surface area (Å²) in [5, 5.41) is 2.95. The van der Waals surface area contributed by atoms with E-state index in [1.54, 1.807) is 25.4 Å². The molecule has 7 heteroatoms. The van der Waals surface area contributed by atoms with Crippen molar-refractivity contribution in [2.75, 3.05) is 58.4 Å². The summed E-state index contributed by atoms with van der Waals surface area (Å²) in [7, 11) is 3.23. The third-order valence-corrected chi connectivity index (χ3v) is 4.94. The van der Waals surface area contributed by atoms with Crippen LogP contribution >= 0.6 is 0 Å². The Bertz CT molecular complexity index is 776. The predicted octanol–water partition coefficient (Wildman–Crippen LogP) is 2.04. The molecule has 1 aromatic carbocycles. The summed E-state index contributed by atoms with van der Waals surface area (Å²) in [5.74, 6) is 1.13. The highest BCUT2D eigenvalue weighted by atomic mass is 16.5. The van der Waals surface area contributed by atoms with Gasteiger partial charge in [-0.05, 0) is 37.2 Å². The number of aromatic nitrogens is 1. The van der Waals surface area contributed by atoms with E-state index in [1.807, 2.05) is 18.2 Å². The fourth-order valence-electron chi connectivity index (χ4n) is 3.43. The highest BCUT2D eigenvalue weighted by Gasteiger charge is 2.19. The minimum absolute atomic E-state index is 0.147. The molecule has 1 N–H and O–H groups in total. The lowest BCUT2D eigenvalue weighted by atomic mass is 10.2. The molecule has 0 atom stereocenters. The zero-order chi connectivity index (χ0) is 19.8. The summed E-state index contributed by atoms with van der Waals surface area (Å²) < 4.78 is 10.6. The van der Waals surface area contributed by atoms with E-state index in [2.05, 4.69) is 26.2 Å². The number of carbonyl (C=O) groups excluding carboxylic acids is 1. The second kappa shape index (κ2) is 9.94. The van der Waals surface area contributed by atoms with Crippen LogP contribution in [0.4, 0.5) is 5.69 Å². The maximum atomic E-state index is 12.3. The summed E-state index contributed by atoms with van der Waals surface area (Å²) in [6.45, 7) is 5.54. The van der Waals surface area contributed by atoms with Crippen LogP contribution in [0.15, 0.2) is 42.6 Å². The Morgan fingerprint density at radius 2 is 1.86 bits per heavy atom. The van der Waals surface area contributed by atoms with Crippen LogP contribution in [0.3, 0.4) is 0 Å². The molecule has 0 radical (unpaired) electrons. The lowest BCUT2D eigenvalue weighted by Gasteiger charge is -2.36. The highest BCUT2D eigenvalue weighted by Crippen LogP contribution is 2.28. The summed E-state index contributed by atoms with van der Waals surface area (Å²) >= 11 is 0. The second-order valence-electron chi connectivity index (χ2n) is 6.67. The van der Waals surface area contributed by atoms with Gasteiger partial charge in [-0.25, -0.2) is 4.98 Å². The van der Waals surface area contributed by atoms with Crippen molar-refractivity contribution >= 4 is 11.6 Å². The first-order valence-corrected chi connectivity index (χ1v) is 9.60. The molecule has 0 aliphatic carbocycles. The number of amides is 1. The van der Waals surface area contributed by atoms with Gasteiger partial charge < -0.3 is 19.7 Å². The number of methoxy groups -OCH3 is 2. The van der Waals surface area contributed by atoms with Gasteiger partial charge in [0, 0.05) is 38.9 Å². The lowest BCUT2D eigenvalue weighted by Crippen LogP contribution is -2.47. The molecule has 2 heterocycles. The van der Waals surface area contributed by atoms with Crippen molar-refractivity contribution < 1.29 is 14.3 Å². The van der Waals surface area contributed by atoms with Crippen molar-refractivity contribution in [1.82, 2.24) is 15.2 Å². The maximum absolute atomic E-state index is 12.3. The number of anilines is 1. The molecule has 1 aliphatic heterocycles. The molecule has 1 amide bonds. The number of benzene rings is 1. The fraction of sp³-hybridized carbons (Fsp3) is 0.429. The van der Waals surface area contributed by atoms with E-state index in [-0.39, 0.29) is 5.91 Å². The van der Waals surface area contributed by atoms with Crippen LogP contribution in [0.25, 0.3) is 0 Å². The van der Waals surface area contributed by atoms with Crippen LogP contribution in [0.1, 0.15) is 16.8 Å². The average molecular weight is 384 g/mol. The topological polar surface area (TPSA) is 66.9 Å². The molecule has 0 unspecified atom stereocenters. The number of nitrogens with one attached hydrogen (secondary N) is 1. The van der Waals surface area contributed by atoms with Crippen LogP contribution in [-0.2, 0) is 0 Å². The van der Waals surface area contributed by atoms with Crippen LogP contribution in [0, 0.1) is 0 Å². The molecule has 0 spiro atoms. The molecule has 1 aromatic heterocycles. The summed E-state index contributed by atoms with van der Waals surface area (Å²) in [6, 6.07) is 11.6. The van der Waals surface area contributed by atoms with Gasteiger partial charge in [0.15, 0.2) is 0 Å². The van der Waals surface area contributed by atoms with Gasteiger partial charge in [0.2, 0.25) is 5.88 Å². The number of ether oxygens (including phenoxy) is 2. The smallest absolute Gasteiger partial charge is 0.256 e. The molecule has 7 nitrogen and oxygen atoms in total. The molecular formula is C21H28N4O3. The average Bonchev–Trinajstić information content (AvgIpc) is 2.77. The third kappa shape index (κ3) is 4.92. The monoisotopic (exact) mass is 384 g/mol. The Kier molecular flexibility index (Phi) is 7.08. The number of hydrogen-bond donors (Lipinski definition) is 1. The molecule has 3 rings (SSSR count). The van der Waals surface area contributed by atoms with Crippen LogP contribution < -0.4 is 19.7 Å². The Balaban J connectivity index is 1.39. The van der Waals surface area contributed by atoms with Crippen LogP contribution in [0.2, 0.25) is 0 Å². The van der Waals surface area contributed by atoms with E-state index in [1.165, 1.54) is 7.11 Å². The zero-order valence-electron chi connectivity index (χ0n) is 16.6. The summed E-state index contributed by atoms with van der Waals surface area (Å²) in [6.07, 6.45) is 2.52. The molecule has 1 aliphatic rings. The lowest BCUT2D eigenvalue weighted by molar-refractivity contribution is 0.0947. The standard InChI is InChI=1S/C21H28N4O3/c1-27-19-9-4-3-8-18(19)25-15-13-24(14-16-25)12-6-11-22-20(26)17-7-5-10-23-21(17)28-2/h3-5,7-10H,6,11-16H2,1-2H3,(H,22,26). The Morgan fingerprint density at radius 1 is 1.07 bits per heavy atom. The van der Waals surface area contributed by atoms with Gasteiger partial charge in [-0.15, -0.1) is 0 Å². The first-order chi connectivity index (χ1) is 13.7. The minimum atomic E-state index is -0.147. The Labute approximate surface area is 166 Å². The van der Waals surface area contributed by atoms with Gasteiger partial charge in [-0.3, -0.25) is 9.69 Å². The van der Waals surface area contributed by atoms with Crippen LogP contribution in [-0.4, -0.2) is 69.3 Å². The number of nitrogens with zero attached hydrogens (tertiary/aromatic N) is 3. The van der Waals surface area contributed by atoms with E-state index in [4.69, 9.17) is 9.47 Å². The maximum Gasteiger partial charge on any atom is 0.256 e. The van der Waals surface area contributed by atoms with Crippen molar-refractivity contribution in [2.45, 2.75) is 6.42 Å². The number of hydrogen-bond acceptors (Lipinski definition) is 6. The molecular weight excluding hydrogens is 356 g/mol. The molecule has 0 saturated carbocycles. The first kappa shape index (κ1) is 19.9. The largest absolute Gasteiger partial charge is 0.495 e. The molecule has 1 saturated heterocycles. The molecule has 150 valence electrons. The SMILES string of the molecule is COc1ccccc1N1CCN(CCCNC(=O)c2cccnc2OC)CC1. The van der Waals surface area contributed by atoms with E-state index in [9.17, 15) is 4.79 Å². The van der Waals surface area contributed by atoms with Crippen LogP contribution in [0.5, 0.6) is 11.6 Å². The second-order valence-corrected chi connectivity index (χ2v) is 6.67. The molecule has 2 aromatic rings. The van der Waals surface area contributed by atoms with Crippen molar-refractivity contribution in [3.05, 3.63) is 48.2 Å². The number of rotatable bonds is 8. The van der Waals surface area contributed by atoms with E-state index in [0.29, 0.717) is 18.0 Å². The fourth-order valence-corrected chi connectivity index (χ4v) is 3.43. The van der Waals surface area contributed by atoms with Gasteiger partial charge in [-0.1, -0.05) is 12.1 Å². The quantitative estimate of drug-likeness (QED) is 0.703. The first-order valence-electron chi connectivity index (χ1n) is 9.60. The Morgan fingerprint density at radius 3 is 2.61 bits per heavy atom. The third-order valence-electron chi connectivity index (χ3n) is 4.94. The summed E-state index contributed by atoms with van der Waals surface area (Å²) in [5.41, 5.74) is 1.62. The minimum Gasteiger partial charge on any atom is -0.495 e. The van der Waals surface area contributed by atoms with E-state index >= 15 is 0 Å². The van der Waals surface area contributed by atoms with Crippen molar-refractivity contribution in [2.24, 2.45) is 0 Å². The van der Waals surface area contributed by atoms with Gasteiger partial charge in [-0.2, -0.15) is 0 Å². The number of pyridine rings is 1. The normalized spacial score (nSPS) is 14.6. The number of para-hydroxylation sites is 2. The van der Waals surface area contributed by atoms with Crippen molar-refractivity contribution in [3.63, 3.8) is 0 Å². The van der Waals surface area contributed by atoms with Gasteiger partial charge >= 0.3 is 0 Å². The molecule has 28 heavy (non-hydrogen) atoms. The van der Waals surface area contributed by atoms with E-state index in [0.717, 1.165) is 50.6 Å². The highest BCUT2D eigenvalue weighted by molar-refractivity contribution is 5.96. The molecule has 1 fully saturated rings. The number of carbonyl (C=O) groups is 1. The van der Waals surface area contributed by atoms with E-state index < -0.39 is 0 Å². The Hall–Kier alpha value is -2.80. The predicted molar refractivity (Wildman–Crippen MR) is 109 cm³/mol. The van der Waals surface area contributed by atoms with Gasteiger partial charge in [0.1, 0.15) is 11.3 Å². The molecule has 0 bridgehead atoms. The summed E-state index contributed by atoms with van der Waals surface area (Å²) in [4.78, 5) is 21.1. The van der Waals surface area contributed by atoms with Crippen molar-refractivity contribution in [3.8, 4) is 11.6 Å². The van der Waals surface area contributed by atoms with Crippen molar-refractivity contribution in [1.29, 1.82) is 0 Å². The zero-order valence-corrected chi connectivity index (χ0v) is 16.6.